The third-order valence-corrected chi connectivity index (χ3v) is 17.1. The van der Waals surface area contributed by atoms with Crippen LogP contribution >= 0.6 is 7.82 Å². The molecule has 3 N–H and O–H groups in total. The van der Waals surface area contributed by atoms with Crippen LogP contribution in [0.25, 0.3) is 0 Å². The first-order chi connectivity index (χ1) is 26.1. The predicted molar refractivity (Wildman–Crippen MR) is 202 cm³/mol. The number of phosphoric ester groups is 1. The number of aromatic amines is 2. The standard InChI is InChI=1S/C37H45N4O12PSi/c1-23-18-40(34(45)38-32(23)43)30-16-27(53-55(36(3,4)5,25-12-8-6-9-13-25)26-14-10-7-11-15-26)28(50-30)20-48-54(47)49-22-37(21-42)29(52-54)17-31(51-37)41-19-24(2)33(44)39-35(41)46/h6-15,18-19,27-31,42H,16-17,20-22H2,1-5H3,(H,38,43,45)(H,39,44,46)/t27-,28+,29-,30+,31+,37-,54-/m0/s1. The number of nitrogens with zero attached hydrogens (tertiary/aromatic N) is 2. The lowest BCUT2D eigenvalue weighted by Crippen LogP contribution is -2.68. The number of aliphatic hydroxyl groups is 1. The van der Waals surface area contributed by atoms with Gasteiger partial charge in [0.25, 0.3) is 19.4 Å². The van der Waals surface area contributed by atoms with Gasteiger partial charge in [-0.1, -0.05) is 81.4 Å². The molecule has 4 aromatic rings. The van der Waals surface area contributed by atoms with Crippen LogP contribution in [0.1, 0.15) is 57.2 Å². The van der Waals surface area contributed by atoms with E-state index in [2.05, 4.69) is 30.7 Å². The van der Waals surface area contributed by atoms with E-state index in [0.717, 1.165) is 10.4 Å². The molecule has 0 radical (unpaired) electrons. The molecule has 5 heterocycles. The van der Waals surface area contributed by atoms with Crippen molar-refractivity contribution >= 4 is 26.5 Å². The van der Waals surface area contributed by atoms with Crippen LogP contribution < -0.4 is 32.9 Å². The number of fused-ring (bicyclic) bond motifs is 1. The second-order valence-electron chi connectivity index (χ2n) is 15.3. The monoisotopic (exact) mass is 796 g/mol. The molecular weight excluding hydrogens is 751 g/mol. The Morgan fingerprint density at radius 1 is 0.873 bits per heavy atom. The van der Waals surface area contributed by atoms with Gasteiger partial charge in [0.05, 0.1) is 25.9 Å². The zero-order chi connectivity index (χ0) is 39.3. The van der Waals surface area contributed by atoms with Crippen molar-refractivity contribution in [1.82, 2.24) is 19.1 Å². The number of aliphatic hydroxyl groups excluding tert-OH is 1. The molecule has 0 saturated carbocycles. The first-order valence-corrected chi connectivity index (χ1v) is 21.4. The van der Waals surface area contributed by atoms with Gasteiger partial charge in [-0.15, -0.1) is 0 Å². The van der Waals surface area contributed by atoms with Gasteiger partial charge in [-0.3, -0.25) is 42.3 Å². The van der Waals surface area contributed by atoms with Gasteiger partial charge in [0.2, 0.25) is 0 Å². The summed E-state index contributed by atoms with van der Waals surface area (Å²) < 4.78 is 54.3. The average Bonchev–Trinajstić information content (AvgIpc) is 3.74. The van der Waals surface area contributed by atoms with Gasteiger partial charge in [-0.05, 0) is 29.3 Å². The molecule has 3 saturated heterocycles. The summed E-state index contributed by atoms with van der Waals surface area (Å²) in [6, 6.07) is 19.9. The minimum absolute atomic E-state index is 0.0151. The van der Waals surface area contributed by atoms with Gasteiger partial charge in [0.1, 0.15) is 30.3 Å². The number of hydrogen-bond acceptors (Lipinski definition) is 12. The maximum absolute atomic E-state index is 14.2. The number of hydrogen-bond donors (Lipinski definition) is 3. The summed E-state index contributed by atoms with van der Waals surface area (Å²) in [5.41, 5.74) is -3.33. The summed E-state index contributed by atoms with van der Waals surface area (Å²) in [6.07, 6.45) is -1.58. The second kappa shape index (κ2) is 14.8. The summed E-state index contributed by atoms with van der Waals surface area (Å²) in [7, 11) is -7.56. The molecule has 16 nitrogen and oxygen atoms in total. The average molecular weight is 797 g/mol. The Morgan fingerprint density at radius 3 is 1.95 bits per heavy atom. The van der Waals surface area contributed by atoms with Crippen LogP contribution in [0, 0.1) is 13.8 Å². The van der Waals surface area contributed by atoms with Gasteiger partial charge in [-0.25, -0.2) is 14.2 Å². The second-order valence-corrected chi connectivity index (χ2v) is 21.2. The largest absolute Gasteiger partial charge is 0.475 e. The topological polar surface area (TPSA) is 202 Å². The highest BCUT2D eigenvalue weighted by atomic mass is 31.2. The van der Waals surface area contributed by atoms with Gasteiger partial charge < -0.3 is 19.0 Å². The number of rotatable bonds is 10. The van der Waals surface area contributed by atoms with Crippen LogP contribution in [0.5, 0.6) is 0 Å². The van der Waals surface area contributed by atoms with Crippen molar-refractivity contribution in [3.8, 4) is 0 Å². The number of nitrogens with one attached hydrogen (secondary N) is 2. The molecule has 2 aromatic carbocycles. The fraction of sp³-hybridized carbons (Fsp3) is 0.459. The minimum Gasteiger partial charge on any atom is -0.402 e. The van der Waals surface area contributed by atoms with Crippen molar-refractivity contribution in [3.05, 3.63) is 126 Å². The van der Waals surface area contributed by atoms with Crippen molar-refractivity contribution in [2.24, 2.45) is 0 Å². The Bertz CT molecular complexity index is 2290. The van der Waals surface area contributed by atoms with Gasteiger partial charge in [0.15, 0.2) is 0 Å². The molecule has 0 amide bonds. The molecule has 2 aromatic heterocycles. The number of H-pyrrole nitrogens is 2. The Hall–Kier alpha value is -4.03. The minimum atomic E-state index is -4.36. The maximum atomic E-state index is 14.2. The molecule has 0 aliphatic carbocycles. The van der Waals surface area contributed by atoms with E-state index in [-0.39, 0.29) is 31.6 Å². The third kappa shape index (κ3) is 7.25. The zero-order valence-corrected chi connectivity index (χ0v) is 33.0. The van der Waals surface area contributed by atoms with Crippen LogP contribution in [-0.2, 0) is 32.0 Å². The number of aromatic nitrogens is 4. The van der Waals surface area contributed by atoms with Crippen molar-refractivity contribution in [2.75, 3.05) is 19.8 Å². The molecule has 0 bridgehead atoms. The highest BCUT2D eigenvalue weighted by Crippen LogP contribution is 2.59. The van der Waals surface area contributed by atoms with E-state index in [4.69, 9.17) is 27.5 Å². The van der Waals surface area contributed by atoms with Crippen molar-refractivity contribution < 1.29 is 37.1 Å². The van der Waals surface area contributed by atoms with E-state index < -0.39 is 86.7 Å². The van der Waals surface area contributed by atoms with Crippen LogP contribution in [-0.4, -0.2) is 76.3 Å². The number of phosphoric acid groups is 1. The van der Waals surface area contributed by atoms with Crippen molar-refractivity contribution in [1.29, 1.82) is 0 Å². The van der Waals surface area contributed by atoms with E-state index in [9.17, 15) is 28.8 Å². The molecule has 7 rings (SSSR count). The summed E-state index contributed by atoms with van der Waals surface area (Å²) in [5.74, 6) is 0. The van der Waals surface area contributed by atoms with Crippen LogP contribution in [0.15, 0.2) is 92.2 Å². The Labute approximate surface area is 316 Å². The molecule has 294 valence electrons. The van der Waals surface area contributed by atoms with Gasteiger partial charge in [0, 0.05) is 36.4 Å². The van der Waals surface area contributed by atoms with E-state index in [1.165, 1.54) is 28.5 Å². The fourth-order valence-electron chi connectivity index (χ4n) is 7.68. The molecule has 55 heavy (non-hydrogen) atoms. The van der Waals surface area contributed by atoms with Crippen LogP contribution in [0.3, 0.4) is 0 Å². The SMILES string of the molecule is Cc1cn([C@H]2C[C@H](O[Si](c3ccccc3)(c3ccccc3)C(C)(C)C)[C@@H](CO[P@@]3(=O)OC[C@]4(CO)O[C@@H](n5cc(C)c(=O)[nH]c5=O)C[C@@H]4O3)O2)c(=O)[nH]c1=O. The van der Waals surface area contributed by atoms with E-state index in [1.54, 1.807) is 6.92 Å². The van der Waals surface area contributed by atoms with E-state index >= 15 is 0 Å². The summed E-state index contributed by atoms with van der Waals surface area (Å²) in [5, 5.41) is 12.0. The first kappa shape index (κ1) is 39.2. The normalized spacial score (nSPS) is 28.3. The Morgan fingerprint density at radius 2 is 1.42 bits per heavy atom. The Balaban J connectivity index is 1.20. The molecule has 3 aliphatic heterocycles. The van der Waals surface area contributed by atoms with Crippen molar-refractivity contribution in [2.45, 2.75) is 88.9 Å². The molecule has 0 spiro atoms. The lowest BCUT2D eigenvalue weighted by Gasteiger charge is -2.45. The quantitative estimate of drug-likeness (QED) is 0.156. The van der Waals surface area contributed by atoms with Gasteiger partial charge in [-0.2, -0.15) is 0 Å². The molecule has 3 aliphatic rings. The molecule has 7 atom stereocenters. The third-order valence-electron chi connectivity index (χ3n) is 10.6. The van der Waals surface area contributed by atoms with E-state index in [1.807, 2.05) is 60.7 Å². The zero-order valence-electron chi connectivity index (χ0n) is 31.1. The first-order valence-electron chi connectivity index (χ1n) is 18.0. The van der Waals surface area contributed by atoms with Crippen LogP contribution in [0.2, 0.25) is 5.04 Å². The van der Waals surface area contributed by atoms with Gasteiger partial charge >= 0.3 is 19.2 Å². The lowest BCUT2D eigenvalue weighted by atomic mass is 9.99. The molecule has 0 unspecified atom stereocenters. The summed E-state index contributed by atoms with van der Waals surface area (Å²) in [4.78, 5) is 54.6. The summed E-state index contributed by atoms with van der Waals surface area (Å²) in [6.45, 7) is 8.18. The lowest BCUT2D eigenvalue weighted by molar-refractivity contribution is -0.168. The Kier molecular flexibility index (Phi) is 10.6. The number of ether oxygens (including phenoxy) is 2. The highest BCUT2D eigenvalue weighted by molar-refractivity contribution is 7.48. The molecule has 3 fully saturated rings. The predicted octanol–water partition coefficient (Wildman–Crippen LogP) is 2.13. The highest BCUT2D eigenvalue weighted by Gasteiger charge is 2.59. The fourth-order valence-corrected chi connectivity index (χ4v) is 13.9. The molecule has 18 heteroatoms. The van der Waals surface area contributed by atoms with E-state index in [0.29, 0.717) is 5.56 Å². The number of benzene rings is 2. The van der Waals surface area contributed by atoms with Crippen LogP contribution in [0.4, 0.5) is 0 Å². The smallest absolute Gasteiger partial charge is 0.402 e. The molecular formula is C37H45N4O12PSi. The van der Waals surface area contributed by atoms with Crippen molar-refractivity contribution in [3.63, 3.8) is 0 Å². The summed E-state index contributed by atoms with van der Waals surface area (Å²) >= 11 is 0. The number of aryl methyl sites for hydroxylation is 2. The maximum Gasteiger partial charge on any atom is 0.475 e.